The zero-order valence-corrected chi connectivity index (χ0v) is 18.6. The minimum atomic E-state index is -0.670. The molecule has 2 fully saturated rings. The number of halogens is 2. The molecule has 0 atom stereocenters. The third kappa shape index (κ3) is 4.61. The maximum Gasteiger partial charge on any atom is 0.253 e. The van der Waals surface area contributed by atoms with Gasteiger partial charge in [0.2, 0.25) is 0 Å². The summed E-state index contributed by atoms with van der Waals surface area (Å²) in [4.78, 5) is 29.6. The van der Waals surface area contributed by atoms with Crippen LogP contribution in [0.5, 0.6) is 0 Å². The fourth-order valence-corrected chi connectivity index (χ4v) is 4.26. The van der Waals surface area contributed by atoms with Gasteiger partial charge in [-0.15, -0.1) is 0 Å². The fraction of sp³-hybridized carbons (Fsp3) is 0.360. The Morgan fingerprint density at radius 1 is 0.971 bits per heavy atom. The summed E-state index contributed by atoms with van der Waals surface area (Å²) < 4.78 is 38.6. The first-order valence-electron chi connectivity index (χ1n) is 11.4. The summed E-state index contributed by atoms with van der Waals surface area (Å²) in [5.74, 6) is -0.997. The number of carbonyl (C=O) groups is 1. The van der Waals surface area contributed by atoms with E-state index in [9.17, 15) is 18.4 Å². The standard InChI is InChI=1S/C25H25F2N3O4/c26-18-12-19(27)14-20(13-18)28-3-2-16-10-17(25(32)30-4-1-5-30)11-21-22(31)15-23(34-24(16)21)29-6-8-33-9-7-29/h10-15,28H,1-9H2. The van der Waals surface area contributed by atoms with Crippen LogP contribution in [-0.2, 0) is 11.2 Å². The van der Waals surface area contributed by atoms with Crippen LogP contribution in [0.15, 0.2) is 45.6 Å². The maximum atomic E-state index is 13.5. The molecule has 0 unspecified atom stereocenters. The van der Waals surface area contributed by atoms with Crippen molar-refractivity contribution in [2.45, 2.75) is 12.8 Å². The van der Waals surface area contributed by atoms with Crippen LogP contribution in [0.4, 0.5) is 20.4 Å². The lowest BCUT2D eigenvalue weighted by molar-refractivity contribution is 0.0652. The Hall–Kier alpha value is -3.46. The molecule has 34 heavy (non-hydrogen) atoms. The van der Waals surface area contributed by atoms with Gasteiger partial charge < -0.3 is 24.3 Å². The van der Waals surface area contributed by atoms with Gasteiger partial charge >= 0.3 is 0 Å². The maximum absolute atomic E-state index is 13.5. The Kier molecular flexibility index (Phi) is 6.19. The van der Waals surface area contributed by atoms with E-state index in [0.29, 0.717) is 86.0 Å². The zero-order chi connectivity index (χ0) is 23.7. The number of amides is 1. The van der Waals surface area contributed by atoms with Gasteiger partial charge in [-0.2, -0.15) is 0 Å². The van der Waals surface area contributed by atoms with E-state index in [2.05, 4.69) is 5.32 Å². The topological polar surface area (TPSA) is 75.0 Å². The first-order chi connectivity index (χ1) is 16.5. The number of fused-ring (bicyclic) bond motifs is 1. The Morgan fingerprint density at radius 3 is 2.38 bits per heavy atom. The van der Waals surface area contributed by atoms with Crippen molar-refractivity contribution in [1.29, 1.82) is 0 Å². The van der Waals surface area contributed by atoms with Gasteiger partial charge in [0, 0.05) is 56.1 Å². The van der Waals surface area contributed by atoms with E-state index >= 15 is 0 Å². The van der Waals surface area contributed by atoms with Gasteiger partial charge in [-0.05, 0) is 42.7 Å². The van der Waals surface area contributed by atoms with Gasteiger partial charge in [-0.25, -0.2) is 8.78 Å². The number of hydrogen-bond acceptors (Lipinski definition) is 6. The zero-order valence-electron chi connectivity index (χ0n) is 18.6. The second-order valence-electron chi connectivity index (χ2n) is 8.54. The van der Waals surface area contributed by atoms with Crippen molar-refractivity contribution in [3.63, 3.8) is 0 Å². The summed E-state index contributed by atoms with van der Waals surface area (Å²) in [6, 6.07) is 8.05. The molecule has 0 bridgehead atoms. The van der Waals surface area contributed by atoms with E-state index in [1.165, 1.54) is 18.2 Å². The molecule has 2 saturated heterocycles. The second-order valence-corrected chi connectivity index (χ2v) is 8.54. The van der Waals surface area contributed by atoms with Crippen molar-refractivity contribution in [3.8, 4) is 0 Å². The minimum Gasteiger partial charge on any atom is -0.440 e. The lowest BCUT2D eigenvalue weighted by Gasteiger charge is -2.31. The van der Waals surface area contributed by atoms with Gasteiger partial charge in [-0.3, -0.25) is 9.59 Å². The molecule has 2 aliphatic rings. The summed E-state index contributed by atoms with van der Waals surface area (Å²) >= 11 is 0. The number of hydrogen-bond donors (Lipinski definition) is 1. The molecule has 7 nitrogen and oxygen atoms in total. The molecule has 0 aliphatic carbocycles. The lowest BCUT2D eigenvalue weighted by atomic mass is 10.0. The van der Waals surface area contributed by atoms with Crippen molar-refractivity contribution in [3.05, 3.63) is 69.4 Å². The van der Waals surface area contributed by atoms with Crippen molar-refractivity contribution in [2.75, 3.05) is 56.2 Å². The molecule has 2 aromatic carbocycles. The van der Waals surface area contributed by atoms with Gasteiger partial charge in [0.05, 0.1) is 18.6 Å². The van der Waals surface area contributed by atoms with E-state index in [-0.39, 0.29) is 11.3 Å². The molecule has 0 spiro atoms. The lowest BCUT2D eigenvalue weighted by Crippen LogP contribution is -2.42. The molecule has 3 aromatic rings. The van der Waals surface area contributed by atoms with Crippen molar-refractivity contribution in [2.24, 2.45) is 0 Å². The van der Waals surface area contributed by atoms with Gasteiger partial charge in [0.15, 0.2) is 11.3 Å². The third-order valence-corrected chi connectivity index (χ3v) is 6.19. The number of likely N-dealkylation sites (tertiary alicyclic amines) is 1. The van der Waals surface area contributed by atoms with Crippen LogP contribution in [0.1, 0.15) is 22.3 Å². The largest absolute Gasteiger partial charge is 0.440 e. The highest BCUT2D eigenvalue weighted by Crippen LogP contribution is 2.26. The Labute approximate surface area is 194 Å². The molecule has 9 heteroatoms. The second kappa shape index (κ2) is 9.42. The van der Waals surface area contributed by atoms with Crippen LogP contribution in [-0.4, -0.2) is 56.7 Å². The monoisotopic (exact) mass is 469 g/mol. The van der Waals surface area contributed by atoms with Crippen LogP contribution >= 0.6 is 0 Å². The predicted molar refractivity (Wildman–Crippen MR) is 125 cm³/mol. The molecule has 0 radical (unpaired) electrons. The minimum absolute atomic E-state index is 0.119. The van der Waals surface area contributed by atoms with Crippen LogP contribution in [0, 0.1) is 11.6 Å². The Morgan fingerprint density at radius 2 is 1.71 bits per heavy atom. The quantitative estimate of drug-likeness (QED) is 0.597. The van der Waals surface area contributed by atoms with E-state index < -0.39 is 11.6 Å². The molecule has 1 N–H and O–H groups in total. The van der Waals surface area contributed by atoms with Gasteiger partial charge in [-0.1, -0.05) is 0 Å². The van der Waals surface area contributed by atoms with E-state index in [4.69, 9.17) is 9.15 Å². The summed E-state index contributed by atoms with van der Waals surface area (Å²) in [5, 5.41) is 3.35. The molecule has 5 rings (SSSR count). The number of anilines is 2. The summed E-state index contributed by atoms with van der Waals surface area (Å²) in [5.41, 5.74) is 1.62. The molecule has 0 saturated carbocycles. The highest BCUT2D eigenvalue weighted by Gasteiger charge is 2.24. The van der Waals surface area contributed by atoms with Gasteiger partial charge in [0.1, 0.15) is 17.2 Å². The normalized spacial score (nSPS) is 15.9. The molecule has 3 heterocycles. The van der Waals surface area contributed by atoms with E-state index in [1.807, 2.05) is 4.90 Å². The van der Waals surface area contributed by atoms with Crippen molar-refractivity contribution in [1.82, 2.24) is 4.90 Å². The number of nitrogens with zero attached hydrogens (tertiary/aromatic N) is 2. The van der Waals surface area contributed by atoms with Crippen LogP contribution < -0.4 is 15.6 Å². The number of rotatable bonds is 6. The number of benzene rings is 2. The van der Waals surface area contributed by atoms with E-state index in [1.54, 1.807) is 17.0 Å². The fourth-order valence-electron chi connectivity index (χ4n) is 4.26. The molecule has 2 aliphatic heterocycles. The number of carbonyl (C=O) groups excluding carboxylic acids is 1. The summed E-state index contributed by atoms with van der Waals surface area (Å²) in [6.07, 6.45) is 1.34. The summed E-state index contributed by atoms with van der Waals surface area (Å²) in [7, 11) is 0. The summed E-state index contributed by atoms with van der Waals surface area (Å²) in [6.45, 7) is 4.04. The first-order valence-corrected chi connectivity index (χ1v) is 11.4. The third-order valence-electron chi connectivity index (χ3n) is 6.19. The predicted octanol–water partition coefficient (Wildman–Crippen LogP) is 3.41. The molecule has 1 amide bonds. The smallest absolute Gasteiger partial charge is 0.253 e. The first kappa shape index (κ1) is 22.3. The van der Waals surface area contributed by atoms with Crippen LogP contribution in [0.25, 0.3) is 11.0 Å². The highest BCUT2D eigenvalue weighted by atomic mass is 19.1. The highest BCUT2D eigenvalue weighted by molar-refractivity contribution is 5.99. The molecular weight excluding hydrogens is 444 g/mol. The average Bonchev–Trinajstić information content (AvgIpc) is 2.78. The SMILES string of the molecule is O=C(c1cc(CCNc2cc(F)cc(F)c2)c2oc(N3CCOCC3)cc(=O)c2c1)N1CCC1. The number of ether oxygens (including phenoxy) is 1. The molecule has 1 aromatic heterocycles. The number of nitrogens with one attached hydrogen (secondary N) is 1. The van der Waals surface area contributed by atoms with Gasteiger partial charge in [0.25, 0.3) is 5.91 Å². The average molecular weight is 469 g/mol. The van der Waals surface area contributed by atoms with Crippen LogP contribution in [0.3, 0.4) is 0 Å². The Bertz CT molecular complexity index is 1260. The van der Waals surface area contributed by atoms with Crippen molar-refractivity contribution < 1.29 is 22.7 Å². The van der Waals surface area contributed by atoms with Crippen LogP contribution in [0.2, 0.25) is 0 Å². The molecule has 178 valence electrons. The molecular formula is C25H25F2N3O4. The Balaban J connectivity index is 1.49. The number of morpholine rings is 1. The van der Waals surface area contributed by atoms with E-state index in [0.717, 1.165) is 12.5 Å². The van der Waals surface area contributed by atoms with Crippen molar-refractivity contribution >= 4 is 28.4 Å².